The number of aliphatic hydroxyl groups is 1. The third-order valence-electron chi connectivity index (χ3n) is 3.31. The molecule has 1 aliphatic rings. The summed E-state index contributed by atoms with van der Waals surface area (Å²) in [5.74, 6) is -1.21. The summed E-state index contributed by atoms with van der Waals surface area (Å²) in [7, 11) is -3.77. The number of rotatable bonds is 4. The van der Waals surface area contributed by atoms with Crippen molar-refractivity contribution in [3.8, 4) is 0 Å². The first kappa shape index (κ1) is 15.2. The molecule has 1 aromatic carbocycles. The maximum absolute atomic E-state index is 12.4. The fraction of sp³-hybridized carbons (Fsp3) is 0.417. The average molecular weight is 320 g/mol. The highest BCUT2D eigenvalue weighted by Crippen LogP contribution is 2.28. The van der Waals surface area contributed by atoms with E-state index in [4.69, 9.17) is 16.7 Å². The first-order valence-electron chi connectivity index (χ1n) is 6.03. The Labute approximate surface area is 121 Å². The van der Waals surface area contributed by atoms with E-state index in [0.717, 1.165) is 6.07 Å². The van der Waals surface area contributed by atoms with E-state index in [9.17, 15) is 18.3 Å². The summed E-state index contributed by atoms with van der Waals surface area (Å²) in [4.78, 5) is 10.8. The van der Waals surface area contributed by atoms with Crippen LogP contribution < -0.4 is 0 Å². The summed E-state index contributed by atoms with van der Waals surface area (Å²) in [5, 5.41) is 18.0. The van der Waals surface area contributed by atoms with E-state index < -0.39 is 22.0 Å². The predicted molar refractivity (Wildman–Crippen MR) is 72.4 cm³/mol. The van der Waals surface area contributed by atoms with Crippen LogP contribution in [-0.2, 0) is 10.0 Å². The van der Waals surface area contributed by atoms with E-state index in [1.165, 1.54) is 16.4 Å². The summed E-state index contributed by atoms with van der Waals surface area (Å²) >= 11 is 5.79. The fourth-order valence-electron chi connectivity index (χ4n) is 2.27. The smallest absolute Gasteiger partial charge is 0.337 e. The minimum Gasteiger partial charge on any atom is -0.478 e. The molecule has 0 spiro atoms. The van der Waals surface area contributed by atoms with Crippen LogP contribution in [0.25, 0.3) is 0 Å². The van der Waals surface area contributed by atoms with Crippen LogP contribution >= 0.6 is 11.6 Å². The Balaban J connectivity index is 2.40. The topological polar surface area (TPSA) is 94.9 Å². The molecular formula is C12H14ClNO5S. The molecule has 1 atom stereocenters. The van der Waals surface area contributed by atoms with E-state index in [2.05, 4.69) is 0 Å². The van der Waals surface area contributed by atoms with E-state index in [1.807, 2.05) is 0 Å². The minimum absolute atomic E-state index is 0.0622. The number of sulfonamides is 1. The van der Waals surface area contributed by atoms with Crippen LogP contribution in [0.3, 0.4) is 0 Å². The summed E-state index contributed by atoms with van der Waals surface area (Å²) in [6.45, 7) is 0.103. The molecule has 1 saturated heterocycles. The number of carboxylic acid groups (broad SMARTS) is 1. The van der Waals surface area contributed by atoms with Crippen molar-refractivity contribution in [3.05, 3.63) is 28.8 Å². The van der Waals surface area contributed by atoms with Gasteiger partial charge in [-0.1, -0.05) is 11.6 Å². The molecule has 0 amide bonds. The lowest BCUT2D eigenvalue weighted by Gasteiger charge is -2.22. The molecule has 2 N–H and O–H groups in total. The van der Waals surface area contributed by atoms with Gasteiger partial charge in [-0.2, -0.15) is 4.31 Å². The first-order chi connectivity index (χ1) is 9.37. The molecule has 0 radical (unpaired) electrons. The van der Waals surface area contributed by atoms with Gasteiger partial charge in [0.1, 0.15) is 0 Å². The second-order valence-corrected chi connectivity index (χ2v) is 6.84. The number of aliphatic hydroxyl groups excluding tert-OH is 1. The van der Waals surface area contributed by atoms with Crippen molar-refractivity contribution in [2.45, 2.75) is 23.8 Å². The lowest BCUT2D eigenvalue weighted by Crippen LogP contribution is -2.37. The van der Waals surface area contributed by atoms with Crippen molar-refractivity contribution in [1.82, 2.24) is 4.31 Å². The summed E-state index contributed by atoms with van der Waals surface area (Å²) in [5.41, 5.74) is -0.147. The highest BCUT2D eigenvalue weighted by Gasteiger charge is 2.35. The van der Waals surface area contributed by atoms with Gasteiger partial charge in [0.05, 0.1) is 22.1 Å². The molecule has 1 aromatic rings. The van der Waals surface area contributed by atoms with E-state index >= 15 is 0 Å². The third-order valence-corrected chi connectivity index (χ3v) is 5.57. The second kappa shape index (κ2) is 5.69. The van der Waals surface area contributed by atoms with Crippen LogP contribution in [-0.4, -0.2) is 48.1 Å². The zero-order chi connectivity index (χ0) is 14.9. The molecule has 20 heavy (non-hydrogen) atoms. The Morgan fingerprint density at radius 3 is 2.70 bits per heavy atom. The molecule has 1 aliphatic heterocycles. The van der Waals surface area contributed by atoms with Gasteiger partial charge in [-0.25, -0.2) is 13.2 Å². The Morgan fingerprint density at radius 2 is 2.15 bits per heavy atom. The number of carboxylic acids is 1. The molecule has 0 unspecified atom stereocenters. The van der Waals surface area contributed by atoms with Crippen LogP contribution in [0.5, 0.6) is 0 Å². The number of hydrogen-bond donors (Lipinski definition) is 2. The Morgan fingerprint density at radius 1 is 1.45 bits per heavy atom. The van der Waals surface area contributed by atoms with Gasteiger partial charge < -0.3 is 10.2 Å². The van der Waals surface area contributed by atoms with E-state index in [0.29, 0.717) is 19.4 Å². The molecule has 0 aliphatic carbocycles. The van der Waals surface area contributed by atoms with Gasteiger partial charge in [0, 0.05) is 12.6 Å². The van der Waals surface area contributed by atoms with Crippen molar-refractivity contribution in [1.29, 1.82) is 0 Å². The zero-order valence-corrected chi connectivity index (χ0v) is 12.1. The van der Waals surface area contributed by atoms with Crippen LogP contribution in [0.1, 0.15) is 23.2 Å². The van der Waals surface area contributed by atoms with Gasteiger partial charge >= 0.3 is 5.97 Å². The number of halogens is 1. The van der Waals surface area contributed by atoms with Crippen molar-refractivity contribution in [2.75, 3.05) is 13.2 Å². The van der Waals surface area contributed by atoms with Gasteiger partial charge in [-0.3, -0.25) is 0 Å². The van der Waals surface area contributed by atoms with Crippen molar-refractivity contribution in [2.24, 2.45) is 0 Å². The molecule has 6 nitrogen and oxygen atoms in total. The van der Waals surface area contributed by atoms with E-state index in [-0.39, 0.29) is 22.1 Å². The Kier molecular flexibility index (Phi) is 4.33. The van der Waals surface area contributed by atoms with Crippen LogP contribution in [0.2, 0.25) is 5.02 Å². The van der Waals surface area contributed by atoms with E-state index in [1.54, 1.807) is 0 Å². The van der Waals surface area contributed by atoms with Crippen LogP contribution in [0.15, 0.2) is 23.1 Å². The monoisotopic (exact) mass is 319 g/mol. The predicted octanol–water partition coefficient (Wildman–Crippen LogP) is 1.18. The molecule has 1 fully saturated rings. The molecule has 0 saturated carbocycles. The average Bonchev–Trinajstić information content (AvgIpc) is 2.87. The van der Waals surface area contributed by atoms with Crippen molar-refractivity contribution >= 4 is 27.6 Å². The van der Waals surface area contributed by atoms with Gasteiger partial charge in [0.2, 0.25) is 10.0 Å². The standard InChI is InChI=1S/C12H14ClNO5S/c13-11-6-9(3-4-10(11)12(16)17)20(18,19)14-5-1-2-8(14)7-15/h3-4,6,8,15H,1-2,5,7H2,(H,16,17)/t8-/m0/s1. The molecule has 0 aromatic heterocycles. The first-order valence-corrected chi connectivity index (χ1v) is 7.85. The molecule has 0 bridgehead atoms. The number of aromatic carboxylic acids is 1. The Hall–Kier alpha value is -1.15. The van der Waals surface area contributed by atoms with Crippen molar-refractivity contribution < 1.29 is 23.4 Å². The summed E-state index contributed by atoms with van der Waals surface area (Å²) < 4.78 is 26.1. The lowest BCUT2D eigenvalue weighted by molar-refractivity contribution is 0.0697. The summed E-state index contributed by atoms with van der Waals surface area (Å²) in [6.07, 6.45) is 1.29. The largest absolute Gasteiger partial charge is 0.478 e. The molecular weight excluding hydrogens is 306 g/mol. The van der Waals surface area contributed by atoms with Gasteiger partial charge in [-0.15, -0.1) is 0 Å². The van der Waals surface area contributed by atoms with Crippen molar-refractivity contribution in [3.63, 3.8) is 0 Å². The third kappa shape index (κ3) is 2.67. The molecule has 2 rings (SSSR count). The highest BCUT2D eigenvalue weighted by atomic mass is 35.5. The molecule has 8 heteroatoms. The van der Waals surface area contributed by atoms with Crippen LogP contribution in [0.4, 0.5) is 0 Å². The number of carbonyl (C=O) groups is 1. The van der Waals surface area contributed by atoms with Gasteiger partial charge in [0.15, 0.2) is 0 Å². The minimum atomic E-state index is -3.77. The maximum atomic E-state index is 12.4. The van der Waals surface area contributed by atoms with Crippen LogP contribution in [0, 0.1) is 0 Å². The molecule has 110 valence electrons. The van der Waals surface area contributed by atoms with Gasteiger partial charge in [0.25, 0.3) is 0 Å². The second-order valence-electron chi connectivity index (χ2n) is 4.54. The number of benzene rings is 1. The number of nitrogens with zero attached hydrogens (tertiary/aromatic N) is 1. The zero-order valence-electron chi connectivity index (χ0n) is 10.5. The molecule has 1 heterocycles. The highest BCUT2D eigenvalue weighted by molar-refractivity contribution is 7.89. The normalized spacial score (nSPS) is 20.2. The number of hydrogen-bond acceptors (Lipinski definition) is 4. The maximum Gasteiger partial charge on any atom is 0.337 e. The summed E-state index contributed by atoms with van der Waals surface area (Å²) in [6, 6.07) is 3.09. The lowest BCUT2D eigenvalue weighted by atomic mass is 10.2. The quantitative estimate of drug-likeness (QED) is 0.869. The Bertz CT molecular complexity index is 631. The SMILES string of the molecule is O=C(O)c1ccc(S(=O)(=O)N2CCC[C@H]2CO)cc1Cl. The fourth-order valence-corrected chi connectivity index (χ4v) is 4.31. The van der Waals surface area contributed by atoms with Gasteiger partial charge in [-0.05, 0) is 31.0 Å².